The number of aromatic nitrogens is 1. The van der Waals surface area contributed by atoms with E-state index in [9.17, 15) is 14.3 Å². The largest absolute Gasteiger partial charge is 0.385 e. The van der Waals surface area contributed by atoms with Gasteiger partial charge in [0.2, 0.25) is 5.95 Å². The lowest BCUT2D eigenvalue weighted by Gasteiger charge is -2.39. The molecule has 0 atom stereocenters. The number of piperidine rings is 1. The first-order valence-electron chi connectivity index (χ1n) is 11.3. The van der Waals surface area contributed by atoms with Crippen LogP contribution in [0.2, 0.25) is 5.02 Å². The molecule has 0 spiro atoms. The topological polar surface area (TPSA) is 65.5 Å². The normalized spacial score (nSPS) is 15.2. The predicted molar refractivity (Wildman–Crippen MR) is 138 cm³/mol. The van der Waals surface area contributed by atoms with Gasteiger partial charge in [-0.3, -0.25) is 4.79 Å². The molecule has 35 heavy (non-hydrogen) atoms. The fraction of sp³-hybridized carbons (Fsp3) is 0.185. The minimum atomic E-state index is -1.03. The molecule has 0 aliphatic carbocycles. The number of nitrogens with one attached hydrogen (secondary N) is 1. The summed E-state index contributed by atoms with van der Waals surface area (Å²) >= 11 is 7.63. The SMILES string of the molecule is O=C(c1ccc(NSc2cccc3ccc(F)nc23)cc1)N1CCC(O)(c2ccccc2Cl)CC1. The maximum absolute atomic E-state index is 13.6. The highest BCUT2D eigenvalue weighted by Gasteiger charge is 2.36. The van der Waals surface area contributed by atoms with Crippen LogP contribution in [-0.4, -0.2) is 34.0 Å². The van der Waals surface area contributed by atoms with Gasteiger partial charge in [-0.15, -0.1) is 0 Å². The number of benzene rings is 3. The molecular formula is C27H23ClFN3O2S. The van der Waals surface area contributed by atoms with Gasteiger partial charge in [0.25, 0.3) is 5.91 Å². The van der Waals surface area contributed by atoms with Crippen molar-refractivity contribution in [2.24, 2.45) is 0 Å². The molecule has 1 fully saturated rings. The zero-order chi connectivity index (χ0) is 24.4. The van der Waals surface area contributed by atoms with Crippen LogP contribution in [0, 0.1) is 5.95 Å². The van der Waals surface area contributed by atoms with E-state index in [1.807, 2.05) is 48.5 Å². The third-order valence-corrected chi connectivity index (χ3v) is 7.53. The van der Waals surface area contributed by atoms with Gasteiger partial charge < -0.3 is 14.7 Å². The summed E-state index contributed by atoms with van der Waals surface area (Å²) in [5.41, 5.74) is 1.67. The van der Waals surface area contributed by atoms with Gasteiger partial charge in [0.05, 0.1) is 16.0 Å². The van der Waals surface area contributed by atoms with Crippen molar-refractivity contribution in [1.29, 1.82) is 0 Å². The van der Waals surface area contributed by atoms with Crippen molar-refractivity contribution in [1.82, 2.24) is 9.88 Å². The Morgan fingerprint density at radius 3 is 2.49 bits per heavy atom. The molecule has 1 aliphatic heterocycles. The Kier molecular flexibility index (Phi) is 6.65. The number of anilines is 1. The number of amides is 1. The fourth-order valence-electron chi connectivity index (χ4n) is 4.34. The maximum atomic E-state index is 13.6. The third kappa shape index (κ3) is 4.98. The van der Waals surface area contributed by atoms with Crippen molar-refractivity contribution < 1.29 is 14.3 Å². The molecule has 0 saturated carbocycles. The molecule has 5 nitrogen and oxygen atoms in total. The van der Waals surface area contributed by atoms with Crippen LogP contribution >= 0.6 is 23.5 Å². The number of hydrogen-bond donors (Lipinski definition) is 2. The Morgan fingerprint density at radius 1 is 1.00 bits per heavy atom. The van der Waals surface area contributed by atoms with Gasteiger partial charge in [0, 0.05) is 40.3 Å². The first-order valence-corrected chi connectivity index (χ1v) is 12.5. The molecule has 2 N–H and O–H groups in total. The van der Waals surface area contributed by atoms with Crippen LogP contribution in [-0.2, 0) is 5.60 Å². The summed E-state index contributed by atoms with van der Waals surface area (Å²) in [7, 11) is 0. The van der Waals surface area contributed by atoms with Gasteiger partial charge in [-0.25, -0.2) is 4.98 Å². The molecule has 0 unspecified atom stereocenters. The number of carbonyl (C=O) groups excluding carboxylic acids is 1. The van der Waals surface area contributed by atoms with E-state index in [2.05, 4.69) is 9.71 Å². The van der Waals surface area contributed by atoms with Crippen molar-refractivity contribution >= 4 is 46.0 Å². The Hall–Kier alpha value is -3.13. The average molecular weight is 508 g/mol. The average Bonchev–Trinajstić information content (AvgIpc) is 2.88. The summed E-state index contributed by atoms with van der Waals surface area (Å²) in [6.07, 6.45) is 0.858. The Balaban J connectivity index is 1.22. The zero-order valence-corrected chi connectivity index (χ0v) is 20.3. The number of rotatable bonds is 5. The van der Waals surface area contributed by atoms with E-state index in [1.165, 1.54) is 18.0 Å². The number of pyridine rings is 1. The van der Waals surface area contributed by atoms with Crippen LogP contribution in [0.15, 0.2) is 83.8 Å². The van der Waals surface area contributed by atoms with Crippen molar-refractivity contribution in [2.45, 2.75) is 23.3 Å². The summed E-state index contributed by atoms with van der Waals surface area (Å²) in [6.45, 7) is 0.891. The third-order valence-electron chi connectivity index (χ3n) is 6.31. The monoisotopic (exact) mass is 507 g/mol. The van der Waals surface area contributed by atoms with Gasteiger partial charge >= 0.3 is 0 Å². The van der Waals surface area contributed by atoms with E-state index in [0.29, 0.717) is 47.6 Å². The highest BCUT2D eigenvalue weighted by molar-refractivity contribution is 8.00. The fourth-order valence-corrected chi connectivity index (χ4v) is 5.43. The van der Waals surface area contributed by atoms with Crippen LogP contribution < -0.4 is 4.72 Å². The summed E-state index contributed by atoms with van der Waals surface area (Å²) in [4.78, 5) is 19.6. The molecule has 1 aromatic heterocycles. The van der Waals surface area contributed by atoms with Crippen molar-refractivity contribution in [3.63, 3.8) is 0 Å². The lowest BCUT2D eigenvalue weighted by atomic mass is 9.84. The number of likely N-dealkylation sites (tertiary alicyclic amines) is 1. The van der Waals surface area contributed by atoms with Crippen LogP contribution in [0.25, 0.3) is 10.9 Å². The van der Waals surface area contributed by atoms with Gasteiger partial charge in [0.1, 0.15) is 0 Å². The van der Waals surface area contributed by atoms with Crippen LogP contribution in [0.3, 0.4) is 0 Å². The van der Waals surface area contributed by atoms with Crippen LogP contribution in [0.4, 0.5) is 10.1 Å². The van der Waals surface area contributed by atoms with Crippen molar-refractivity contribution in [3.8, 4) is 0 Å². The Bertz CT molecular complexity index is 1370. The Morgan fingerprint density at radius 2 is 1.74 bits per heavy atom. The van der Waals surface area contributed by atoms with E-state index in [-0.39, 0.29) is 5.91 Å². The van der Waals surface area contributed by atoms with Crippen LogP contribution in [0.5, 0.6) is 0 Å². The van der Waals surface area contributed by atoms with Crippen molar-refractivity contribution in [2.75, 3.05) is 17.8 Å². The van der Waals surface area contributed by atoms with E-state index >= 15 is 0 Å². The minimum absolute atomic E-state index is 0.0702. The number of nitrogens with zero attached hydrogens (tertiary/aromatic N) is 2. The second kappa shape index (κ2) is 9.85. The summed E-state index contributed by atoms with van der Waals surface area (Å²) < 4.78 is 16.8. The number of para-hydroxylation sites is 1. The molecule has 0 radical (unpaired) electrons. The Labute approximate surface area is 212 Å². The summed E-state index contributed by atoms with van der Waals surface area (Å²) in [5.74, 6) is -0.587. The van der Waals surface area contributed by atoms with Crippen LogP contribution in [0.1, 0.15) is 28.8 Å². The standard InChI is InChI=1S/C27H23ClFN3O2S/c28-22-6-2-1-5-21(22)27(34)14-16-32(17-15-27)26(33)19-8-11-20(12-9-19)31-35-23-7-3-4-18-10-13-24(29)30-25(18)23/h1-13,31,34H,14-17H2. The minimum Gasteiger partial charge on any atom is -0.385 e. The lowest BCUT2D eigenvalue weighted by molar-refractivity contribution is -0.0210. The first kappa shape index (κ1) is 23.6. The summed E-state index contributed by atoms with van der Waals surface area (Å²) in [6, 6.07) is 23.3. The molecule has 3 aromatic carbocycles. The quantitative estimate of drug-likeness (QED) is 0.246. The van der Waals surface area contributed by atoms with E-state index in [0.717, 1.165) is 16.0 Å². The maximum Gasteiger partial charge on any atom is 0.253 e. The van der Waals surface area contributed by atoms with Crippen molar-refractivity contribution in [3.05, 3.63) is 101 Å². The number of hydrogen-bond acceptors (Lipinski definition) is 5. The molecule has 1 saturated heterocycles. The molecule has 1 amide bonds. The van der Waals surface area contributed by atoms with E-state index < -0.39 is 11.5 Å². The molecule has 1 aliphatic rings. The van der Waals surface area contributed by atoms with Gasteiger partial charge in [-0.2, -0.15) is 4.39 Å². The molecule has 0 bridgehead atoms. The lowest BCUT2D eigenvalue weighted by Crippen LogP contribution is -2.45. The number of halogens is 2. The highest BCUT2D eigenvalue weighted by atomic mass is 35.5. The molecular weight excluding hydrogens is 485 g/mol. The number of aliphatic hydroxyl groups is 1. The van der Waals surface area contributed by atoms with E-state index in [1.54, 1.807) is 29.2 Å². The van der Waals surface area contributed by atoms with Gasteiger partial charge in [0.15, 0.2) is 0 Å². The molecule has 5 rings (SSSR count). The molecule has 2 heterocycles. The smallest absolute Gasteiger partial charge is 0.253 e. The van der Waals surface area contributed by atoms with E-state index in [4.69, 9.17) is 11.6 Å². The second-order valence-corrected chi connectivity index (χ2v) is 9.80. The molecule has 4 aromatic rings. The van der Waals surface area contributed by atoms with Gasteiger partial charge in [-0.05, 0) is 73.3 Å². The predicted octanol–water partition coefficient (Wildman–Crippen LogP) is 6.27. The zero-order valence-electron chi connectivity index (χ0n) is 18.7. The summed E-state index contributed by atoms with van der Waals surface area (Å²) in [5, 5.41) is 12.5. The molecule has 178 valence electrons. The second-order valence-electron chi connectivity index (χ2n) is 8.55. The first-order chi connectivity index (χ1) is 16.9. The van der Waals surface area contributed by atoms with Gasteiger partial charge in [-0.1, -0.05) is 41.9 Å². The molecule has 8 heteroatoms. The highest BCUT2D eigenvalue weighted by Crippen LogP contribution is 2.37. The number of carbonyl (C=O) groups is 1. The number of fused-ring (bicyclic) bond motifs is 1.